The molecule has 3 heterocycles. The van der Waals surface area contributed by atoms with E-state index in [2.05, 4.69) is 48.6 Å². The van der Waals surface area contributed by atoms with Crippen LogP contribution in [0.2, 0.25) is 0 Å². The average Bonchev–Trinajstić information content (AvgIpc) is 3.45. The minimum absolute atomic E-state index is 0.0294. The molecule has 0 bridgehead atoms. The summed E-state index contributed by atoms with van der Waals surface area (Å²) in [5, 5.41) is 14.6. The topological polar surface area (TPSA) is 63.1 Å². The number of nitrogens with zero attached hydrogens (tertiary/aromatic N) is 4. The first kappa shape index (κ1) is 22.0. The number of likely N-dealkylation sites (tertiary alicyclic amines) is 1. The average molecular weight is 456 g/mol. The van der Waals surface area contributed by atoms with E-state index in [1.165, 1.54) is 35.9 Å². The Morgan fingerprint density at radius 2 is 1.94 bits per heavy atom. The Bertz CT molecular complexity index is 952. The molecule has 0 spiro atoms. The zero-order valence-corrected chi connectivity index (χ0v) is 19.5. The van der Waals surface area contributed by atoms with Gasteiger partial charge >= 0.3 is 0 Å². The Hall–Kier alpha value is -2.16. The second-order valence-electron chi connectivity index (χ2n) is 7.79. The number of carbonyl (C=O) groups excluding carboxylic acids is 1. The van der Waals surface area contributed by atoms with Gasteiger partial charge in [0.15, 0.2) is 11.0 Å². The third-order valence-electron chi connectivity index (χ3n) is 5.43. The molecule has 1 atom stereocenters. The van der Waals surface area contributed by atoms with Crippen molar-refractivity contribution >= 4 is 29.0 Å². The van der Waals surface area contributed by atoms with Crippen molar-refractivity contribution in [3.8, 4) is 5.69 Å². The summed E-state index contributed by atoms with van der Waals surface area (Å²) >= 11 is 3.19. The van der Waals surface area contributed by atoms with Crippen LogP contribution in [0.3, 0.4) is 0 Å². The van der Waals surface area contributed by atoms with Gasteiger partial charge in [-0.2, -0.15) is 0 Å². The first-order chi connectivity index (χ1) is 15.2. The predicted octanol–water partition coefficient (Wildman–Crippen LogP) is 4.15. The molecular formula is C23H29N5OS2. The zero-order valence-electron chi connectivity index (χ0n) is 17.9. The van der Waals surface area contributed by atoms with Gasteiger partial charge in [0.05, 0.1) is 11.8 Å². The lowest BCUT2D eigenvalue weighted by Crippen LogP contribution is -2.32. The van der Waals surface area contributed by atoms with Crippen molar-refractivity contribution in [3.05, 3.63) is 58.5 Å². The fraction of sp³-hybridized carbons (Fsp3) is 0.435. The van der Waals surface area contributed by atoms with Crippen LogP contribution in [-0.2, 0) is 17.8 Å². The van der Waals surface area contributed by atoms with Crippen LogP contribution in [0.4, 0.5) is 0 Å². The molecule has 1 aliphatic heterocycles. The molecule has 1 saturated heterocycles. The Morgan fingerprint density at radius 3 is 2.68 bits per heavy atom. The second-order valence-corrected chi connectivity index (χ2v) is 10.1. The lowest BCUT2D eigenvalue weighted by atomic mass is 10.1. The second kappa shape index (κ2) is 10.9. The molecule has 1 fully saturated rings. The molecule has 3 aromatic rings. The van der Waals surface area contributed by atoms with Gasteiger partial charge in [0.1, 0.15) is 0 Å². The first-order valence-corrected chi connectivity index (χ1v) is 12.7. The number of hydrogen-bond acceptors (Lipinski definition) is 6. The first-order valence-electron chi connectivity index (χ1n) is 10.9. The summed E-state index contributed by atoms with van der Waals surface area (Å²) in [5.41, 5.74) is 1.03. The highest BCUT2D eigenvalue weighted by molar-refractivity contribution is 8.00. The fourth-order valence-electron chi connectivity index (χ4n) is 3.75. The summed E-state index contributed by atoms with van der Waals surface area (Å²) in [5.74, 6) is 0.961. The smallest absolute Gasteiger partial charge is 0.233 e. The van der Waals surface area contributed by atoms with Crippen molar-refractivity contribution in [1.29, 1.82) is 0 Å². The van der Waals surface area contributed by atoms with E-state index in [0.29, 0.717) is 6.54 Å². The molecule has 8 heteroatoms. The Morgan fingerprint density at radius 1 is 1.13 bits per heavy atom. The SMILES string of the molecule is CC(Sc1nnc(CN2CCCCC2)n1-c1ccccc1)C(=O)NCCc1cccs1. The summed E-state index contributed by atoms with van der Waals surface area (Å²) in [6.07, 6.45) is 4.65. The molecule has 0 saturated carbocycles. The predicted molar refractivity (Wildman–Crippen MR) is 127 cm³/mol. The third-order valence-corrected chi connectivity index (χ3v) is 7.41. The minimum Gasteiger partial charge on any atom is -0.355 e. The van der Waals surface area contributed by atoms with E-state index < -0.39 is 0 Å². The molecule has 0 aliphatic carbocycles. The molecule has 1 unspecified atom stereocenters. The number of rotatable bonds is 9. The van der Waals surface area contributed by atoms with Gasteiger partial charge in [-0.15, -0.1) is 21.5 Å². The fourth-order valence-corrected chi connectivity index (χ4v) is 5.37. The van der Waals surface area contributed by atoms with Crippen LogP contribution in [0.25, 0.3) is 5.69 Å². The number of nitrogens with one attached hydrogen (secondary N) is 1. The van der Waals surface area contributed by atoms with E-state index in [4.69, 9.17) is 0 Å². The molecule has 4 rings (SSSR count). The van der Waals surface area contributed by atoms with E-state index in [9.17, 15) is 4.79 Å². The molecule has 1 aliphatic rings. The number of para-hydroxylation sites is 1. The van der Waals surface area contributed by atoms with Crippen LogP contribution in [0.5, 0.6) is 0 Å². The van der Waals surface area contributed by atoms with Crippen LogP contribution in [0.1, 0.15) is 36.9 Å². The Balaban J connectivity index is 1.44. The van der Waals surface area contributed by atoms with Gasteiger partial charge in [0, 0.05) is 17.1 Å². The molecule has 31 heavy (non-hydrogen) atoms. The molecule has 164 valence electrons. The van der Waals surface area contributed by atoms with Crippen molar-refractivity contribution in [2.75, 3.05) is 19.6 Å². The number of benzene rings is 1. The summed E-state index contributed by atoms with van der Waals surface area (Å²) in [7, 11) is 0. The molecule has 1 amide bonds. The molecule has 6 nitrogen and oxygen atoms in total. The number of amides is 1. The van der Waals surface area contributed by atoms with Gasteiger partial charge in [-0.25, -0.2) is 0 Å². The van der Waals surface area contributed by atoms with Crippen molar-refractivity contribution < 1.29 is 4.79 Å². The van der Waals surface area contributed by atoms with Gasteiger partial charge in [0.2, 0.25) is 5.91 Å². The van der Waals surface area contributed by atoms with E-state index in [1.807, 2.05) is 31.2 Å². The maximum absolute atomic E-state index is 12.7. The van der Waals surface area contributed by atoms with E-state index in [1.54, 1.807) is 11.3 Å². The van der Waals surface area contributed by atoms with Crippen molar-refractivity contribution in [1.82, 2.24) is 25.0 Å². The van der Waals surface area contributed by atoms with E-state index in [0.717, 1.165) is 42.7 Å². The van der Waals surface area contributed by atoms with Crippen LogP contribution >= 0.6 is 23.1 Å². The molecule has 2 aromatic heterocycles. The summed E-state index contributed by atoms with van der Waals surface area (Å²) in [4.78, 5) is 16.4. The van der Waals surface area contributed by atoms with Crippen LogP contribution in [0.15, 0.2) is 53.0 Å². The van der Waals surface area contributed by atoms with Crippen LogP contribution in [0, 0.1) is 0 Å². The monoisotopic (exact) mass is 455 g/mol. The van der Waals surface area contributed by atoms with E-state index >= 15 is 0 Å². The van der Waals surface area contributed by atoms with Gasteiger partial charge in [0.25, 0.3) is 0 Å². The molecular weight excluding hydrogens is 426 g/mol. The normalized spacial score (nSPS) is 15.6. The van der Waals surface area contributed by atoms with E-state index in [-0.39, 0.29) is 11.2 Å². The standard InChI is InChI=1S/C23H29N5OS2/c1-18(22(29)24-13-12-20-11-8-16-30-20)31-23-26-25-21(17-27-14-6-3-7-15-27)28(23)19-9-4-2-5-10-19/h2,4-5,8-11,16,18H,3,6-7,12-15,17H2,1H3,(H,24,29). The molecule has 0 radical (unpaired) electrons. The van der Waals surface area contributed by atoms with Crippen LogP contribution < -0.4 is 5.32 Å². The number of hydrogen-bond donors (Lipinski definition) is 1. The summed E-state index contributed by atoms with van der Waals surface area (Å²) < 4.78 is 2.11. The highest BCUT2D eigenvalue weighted by Crippen LogP contribution is 2.27. The van der Waals surface area contributed by atoms with Crippen molar-refractivity contribution in [3.63, 3.8) is 0 Å². The Labute approximate surface area is 192 Å². The molecule has 1 aromatic carbocycles. The Kier molecular flexibility index (Phi) is 7.77. The van der Waals surface area contributed by atoms with Gasteiger partial charge in [-0.3, -0.25) is 14.3 Å². The number of piperidine rings is 1. The number of carbonyl (C=O) groups is 1. The zero-order chi connectivity index (χ0) is 21.5. The van der Waals surface area contributed by atoms with Crippen molar-refractivity contribution in [2.24, 2.45) is 0 Å². The maximum Gasteiger partial charge on any atom is 0.233 e. The highest BCUT2D eigenvalue weighted by atomic mass is 32.2. The quantitative estimate of drug-likeness (QED) is 0.491. The molecule has 1 N–H and O–H groups in total. The number of aromatic nitrogens is 3. The minimum atomic E-state index is -0.252. The highest BCUT2D eigenvalue weighted by Gasteiger charge is 2.22. The number of thioether (sulfide) groups is 1. The van der Waals surface area contributed by atoms with Crippen molar-refractivity contribution in [2.45, 2.75) is 49.6 Å². The van der Waals surface area contributed by atoms with Gasteiger partial charge in [-0.05, 0) is 62.9 Å². The maximum atomic E-state index is 12.7. The lowest BCUT2D eigenvalue weighted by Gasteiger charge is -2.26. The number of thiophene rings is 1. The van der Waals surface area contributed by atoms with Gasteiger partial charge < -0.3 is 5.32 Å². The summed E-state index contributed by atoms with van der Waals surface area (Å²) in [6, 6.07) is 14.3. The largest absolute Gasteiger partial charge is 0.355 e. The third kappa shape index (κ3) is 5.96. The van der Waals surface area contributed by atoms with Gasteiger partial charge in [-0.1, -0.05) is 42.4 Å². The van der Waals surface area contributed by atoms with Crippen LogP contribution in [-0.4, -0.2) is 50.5 Å². The summed E-state index contributed by atoms with van der Waals surface area (Å²) in [6.45, 7) is 5.57. The lowest BCUT2D eigenvalue weighted by molar-refractivity contribution is -0.120.